The fraction of sp³-hybridized carbons (Fsp3) is 0.611. The number of nitrogens with zero attached hydrogens (tertiary/aromatic N) is 1. The van der Waals surface area contributed by atoms with Crippen LogP contribution in [0.15, 0.2) is 18.2 Å². The minimum absolute atomic E-state index is 0.223. The molecular weight excluding hydrogens is 294 g/mol. The summed E-state index contributed by atoms with van der Waals surface area (Å²) in [5.41, 5.74) is 0.749. The number of methoxy groups -OCH3 is 2. The molecule has 5 heteroatoms. The summed E-state index contributed by atoms with van der Waals surface area (Å²) < 4.78 is 16.1. The van der Waals surface area contributed by atoms with Gasteiger partial charge in [0.15, 0.2) is 0 Å². The highest BCUT2D eigenvalue weighted by Crippen LogP contribution is 2.33. The Morgan fingerprint density at radius 1 is 1.04 bits per heavy atom. The molecule has 0 N–H and O–H groups in total. The summed E-state index contributed by atoms with van der Waals surface area (Å²) in [5, 5.41) is 0. The van der Waals surface area contributed by atoms with E-state index in [2.05, 4.69) is 12.1 Å². The van der Waals surface area contributed by atoms with Gasteiger partial charge in [0.1, 0.15) is 17.1 Å². The zero-order chi connectivity index (χ0) is 17.0. The number of likely N-dealkylation sites (tertiary alicyclic amines) is 1. The number of carbonyl (C=O) groups excluding carboxylic acids is 1. The molecule has 23 heavy (non-hydrogen) atoms. The molecule has 1 fully saturated rings. The molecule has 128 valence electrons. The van der Waals surface area contributed by atoms with E-state index < -0.39 is 5.60 Å². The molecule has 0 radical (unpaired) electrons. The fourth-order valence-electron chi connectivity index (χ4n) is 2.79. The van der Waals surface area contributed by atoms with Gasteiger partial charge in [-0.2, -0.15) is 0 Å². The molecule has 1 aromatic carbocycles. The molecule has 1 aliphatic heterocycles. The number of hydrogen-bond donors (Lipinski definition) is 0. The van der Waals surface area contributed by atoms with Gasteiger partial charge in [0.25, 0.3) is 0 Å². The summed E-state index contributed by atoms with van der Waals surface area (Å²) in [6, 6.07) is 5.98. The predicted octanol–water partition coefficient (Wildman–Crippen LogP) is 3.82. The van der Waals surface area contributed by atoms with E-state index in [4.69, 9.17) is 14.2 Å². The number of benzene rings is 1. The zero-order valence-corrected chi connectivity index (χ0v) is 14.7. The highest BCUT2D eigenvalue weighted by Gasteiger charge is 2.27. The van der Waals surface area contributed by atoms with Crippen LogP contribution in [0.25, 0.3) is 0 Å². The van der Waals surface area contributed by atoms with Gasteiger partial charge in [-0.3, -0.25) is 0 Å². The molecule has 1 heterocycles. The normalized spacial score (nSPS) is 16.1. The van der Waals surface area contributed by atoms with E-state index in [1.165, 1.54) is 5.56 Å². The van der Waals surface area contributed by atoms with Crippen molar-refractivity contribution in [2.75, 3.05) is 27.3 Å². The Balaban J connectivity index is 2.00. The minimum atomic E-state index is -0.450. The van der Waals surface area contributed by atoms with Crippen molar-refractivity contribution in [3.8, 4) is 11.5 Å². The SMILES string of the molecule is COc1cc(OC)cc(C2CCN(C(=O)OC(C)(C)C)CC2)c1. The molecule has 2 rings (SSSR count). The summed E-state index contributed by atoms with van der Waals surface area (Å²) in [7, 11) is 3.31. The first-order chi connectivity index (χ1) is 10.8. The zero-order valence-electron chi connectivity index (χ0n) is 14.7. The molecular formula is C18H27NO4. The third-order valence-corrected chi connectivity index (χ3v) is 3.99. The maximum Gasteiger partial charge on any atom is 0.410 e. The largest absolute Gasteiger partial charge is 0.497 e. The predicted molar refractivity (Wildman–Crippen MR) is 89.3 cm³/mol. The fourth-order valence-corrected chi connectivity index (χ4v) is 2.79. The van der Waals surface area contributed by atoms with Crippen LogP contribution < -0.4 is 9.47 Å². The van der Waals surface area contributed by atoms with Crippen molar-refractivity contribution in [2.24, 2.45) is 0 Å². The van der Waals surface area contributed by atoms with Gasteiger partial charge in [-0.05, 0) is 57.2 Å². The lowest BCUT2D eigenvalue weighted by molar-refractivity contribution is 0.0204. The quantitative estimate of drug-likeness (QED) is 0.849. The Morgan fingerprint density at radius 2 is 1.57 bits per heavy atom. The van der Waals surface area contributed by atoms with Crippen molar-refractivity contribution in [1.29, 1.82) is 0 Å². The lowest BCUT2D eigenvalue weighted by Crippen LogP contribution is -2.41. The Hall–Kier alpha value is -1.91. The van der Waals surface area contributed by atoms with Crippen LogP contribution in [-0.4, -0.2) is 43.9 Å². The second-order valence-electron chi connectivity index (χ2n) is 6.89. The van der Waals surface area contributed by atoms with Crippen LogP contribution in [0.1, 0.15) is 45.1 Å². The van der Waals surface area contributed by atoms with Gasteiger partial charge in [0.2, 0.25) is 0 Å². The third-order valence-electron chi connectivity index (χ3n) is 3.99. The Labute approximate surface area is 138 Å². The van der Waals surface area contributed by atoms with Crippen molar-refractivity contribution < 1.29 is 19.0 Å². The van der Waals surface area contributed by atoms with Crippen LogP contribution >= 0.6 is 0 Å². The average molecular weight is 321 g/mol. The molecule has 0 spiro atoms. The lowest BCUT2D eigenvalue weighted by atomic mass is 9.89. The molecule has 0 atom stereocenters. The van der Waals surface area contributed by atoms with Crippen LogP contribution in [0, 0.1) is 0 Å². The summed E-state index contributed by atoms with van der Waals surface area (Å²) in [6.07, 6.45) is 1.60. The smallest absolute Gasteiger partial charge is 0.410 e. The number of rotatable bonds is 3. The van der Waals surface area contributed by atoms with Crippen molar-refractivity contribution in [2.45, 2.75) is 45.1 Å². The maximum atomic E-state index is 12.1. The highest BCUT2D eigenvalue weighted by molar-refractivity contribution is 5.68. The van der Waals surface area contributed by atoms with E-state index in [9.17, 15) is 4.79 Å². The minimum Gasteiger partial charge on any atom is -0.497 e. The van der Waals surface area contributed by atoms with Crippen LogP contribution in [0.2, 0.25) is 0 Å². The molecule has 0 aromatic heterocycles. The van der Waals surface area contributed by atoms with E-state index >= 15 is 0 Å². The van der Waals surface area contributed by atoms with Crippen molar-refractivity contribution in [3.63, 3.8) is 0 Å². The average Bonchev–Trinajstić information content (AvgIpc) is 2.52. The Bertz CT molecular complexity index is 520. The number of piperidine rings is 1. The molecule has 0 unspecified atom stereocenters. The van der Waals surface area contributed by atoms with Crippen molar-refractivity contribution >= 4 is 6.09 Å². The second kappa shape index (κ2) is 7.11. The van der Waals surface area contributed by atoms with Crippen LogP contribution in [0.4, 0.5) is 4.79 Å². The standard InChI is InChI=1S/C18H27NO4/c1-18(2,3)23-17(20)19-8-6-13(7-9-19)14-10-15(21-4)12-16(11-14)22-5/h10-13H,6-9H2,1-5H3. The van der Waals surface area contributed by atoms with E-state index in [1.54, 1.807) is 19.1 Å². The van der Waals surface area contributed by atoms with Gasteiger partial charge in [-0.25, -0.2) is 4.79 Å². The van der Waals surface area contributed by atoms with Gasteiger partial charge in [0.05, 0.1) is 14.2 Å². The van der Waals surface area contributed by atoms with E-state index in [0.29, 0.717) is 19.0 Å². The van der Waals surface area contributed by atoms with Gasteiger partial charge in [-0.15, -0.1) is 0 Å². The van der Waals surface area contributed by atoms with E-state index in [-0.39, 0.29) is 6.09 Å². The maximum absolute atomic E-state index is 12.1. The summed E-state index contributed by atoms with van der Waals surface area (Å²) in [5.74, 6) is 2.00. The molecule has 0 saturated carbocycles. The highest BCUT2D eigenvalue weighted by atomic mass is 16.6. The molecule has 0 aliphatic carbocycles. The molecule has 5 nitrogen and oxygen atoms in total. The molecule has 1 amide bonds. The molecule has 1 saturated heterocycles. The van der Waals surface area contributed by atoms with Gasteiger partial charge in [-0.1, -0.05) is 0 Å². The van der Waals surface area contributed by atoms with Gasteiger partial charge < -0.3 is 19.1 Å². The monoisotopic (exact) mass is 321 g/mol. The lowest BCUT2D eigenvalue weighted by Gasteiger charge is -2.33. The number of amides is 1. The number of carbonyl (C=O) groups is 1. The summed E-state index contributed by atoms with van der Waals surface area (Å²) >= 11 is 0. The number of ether oxygens (including phenoxy) is 3. The van der Waals surface area contributed by atoms with E-state index in [1.807, 2.05) is 26.8 Å². The van der Waals surface area contributed by atoms with E-state index in [0.717, 1.165) is 24.3 Å². The molecule has 1 aliphatic rings. The molecule has 0 bridgehead atoms. The Morgan fingerprint density at radius 3 is 2.00 bits per heavy atom. The third kappa shape index (κ3) is 4.78. The first-order valence-corrected chi connectivity index (χ1v) is 8.03. The Kier molecular flexibility index (Phi) is 5.39. The number of hydrogen-bond acceptors (Lipinski definition) is 4. The van der Waals surface area contributed by atoms with Gasteiger partial charge >= 0.3 is 6.09 Å². The molecule has 1 aromatic rings. The second-order valence-corrected chi connectivity index (χ2v) is 6.89. The van der Waals surface area contributed by atoms with Crippen LogP contribution in [0.5, 0.6) is 11.5 Å². The topological polar surface area (TPSA) is 48.0 Å². The first kappa shape index (κ1) is 17.4. The van der Waals surface area contributed by atoms with Crippen molar-refractivity contribution in [1.82, 2.24) is 4.90 Å². The van der Waals surface area contributed by atoms with Gasteiger partial charge in [0, 0.05) is 19.2 Å². The summed E-state index contributed by atoms with van der Waals surface area (Å²) in [4.78, 5) is 13.9. The first-order valence-electron chi connectivity index (χ1n) is 8.03. The van der Waals surface area contributed by atoms with Crippen LogP contribution in [-0.2, 0) is 4.74 Å². The van der Waals surface area contributed by atoms with Crippen LogP contribution in [0.3, 0.4) is 0 Å². The summed E-state index contributed by atoms with van der Waals surface area (Å²) in [6.45, 7) is 7.08. The van der Waals surface area contributed by atoms with Crippen molar-refractivity contribution in [3.05, 3.63) is 23.8 Å².